The standard InChI is InChI=1S/C14H15F3O3/c1-20-11-4-2-3-10(14(15,16)17)13(11)9(7-12(18)19)8-5-6-8/h2-4,8-9H,5-7H2,1H3,(H,18,19). The second-order valence-electron chi connectivity index (χ2n) is 4.96. The smallest absolute Gasteiger partial charge is 0.416 e. The quantitative estimate of drug-likeness (QED) is 0.899. The highest BCUT2D eigenvalue weighted by atomic mass is 19.4. The topological polar surface area (TPSA) is 46.5 Å². The molecule has 2 rings (SSSR count). The largest absolute Gasteiger partial charge is 0.496 e. The molecule has 20 heavy (non-hydrogen) atoms. The Kier molecular flexibility index (Phi) is 3.92. The summed E-state index contributed by atoms with van der Waals surface area (Å²) in [5, 5.41) is 8.96. The van der Waals surface area contributed by atoms with Gasteiger partial charge in [0.25, 0.3) is 0 Å². The lowest BCUT2D eigenvalue weighted by molar-refractivity contribution is -0.141. The van der Waals surface area contributed by atoms with E-state index < -0.39 is 23.6 Å². The maximum absolute atomic E-state index is 13.1. The number of hydrogen-bond acceptors (Lipinski definition) is 2. The van der Waals surface area contributed by atoms with Crippen LogP contribution in [0, 0.1) is 5.92 Å². The number of carboxylic acid groups (broad SMARTS) is 1. The van der Waals surface area contributed by atoms with Crippen LogP contribution >= 0.6 is 0 Å². The molecule has 1 N–H and O–H groups in total. The molecule has 1 aliphatic rings. The number of hydrogen-bond donors (Lipinski definition) is 1. The molecule has 110 valence electrons. The molecule has 1 saturated carbocycles. The second-order valence-corrected chi connectivity index (χ2v) is 4.96. The summed E-state index contributed by atoms with van der Waals surface area (Å²) in [6, 6.07) is 3.70. The van der Waals surface area contributed by atoms with Crippen LogP contribution in [-0.2, 0) is 11.0 Å². The fourth-order valence-corrected chi connectivity index (χ4v) is 2.54. The minimum absolute atomic E-state index is 0.0106. The summed E-state index contributed by atoms with van der Waals surface area (Å²) in [6.07, 6.45) is -3.32. The Bertz CT molecular complexity index is 507. The van der Waals surface area contributed by atoms with Gasteiger partial charge >= 0.3 is 12.1 Å². The fourth-order valence-electron chi connectivity index (χ4n) is 2.54. The second kappa shape index (κ2) is 5.34. The maximum Gasteiger partial charge on any atom is 0.416 e. The molecule has 0 heterocycles. The van der Waals surface area contributed by atoms with Gasteiger partial charge in [-0.05, 0) is 30.9 Å². The van der Waals surface area contributed by atoms with E-state index >= 15 is 0 Å². The monoisotopic (exact) mass is 288 g/mol. The molecule has 0 spiro atoms. The number of alkyl halides is 3. The number of benzene rings is 1. The Hall–Kier alpha value is -1.72. The first-order valence-corrected chi connectivity index (χ1v) is 6.30. The van der Waals surface area contributed by atoms with Crippen LogP contribution in [0.2, 0.25) is 0 Å². The average molecular weight is 288 g/mol. The van der Waals surface area contributed by atoms with Crippen LogP contribution in [0.15, 0.2) is 18.2 Å². The van der Waals surface area contributed by atoms with Crippen LogP contribution in [0.4, 0.5) is 13.2 Å². The Morgan fingerprint density at radius 1 is 1.45 bits per heavy atom. The van der Waals surface area contributed by atoms with Crippen molar-refractivity contribution in [1.29, 1.82) is 0 Å². The molecule has 0 saturated heterocycles. The zero-order valence-corrected chi connectivity index (χ0v) is 10.9. The molecular weight excluding hydrogens is 273 g/mol. The molecule has 0 aromatic heterocycles. The summed E-state index contributed by atoms with van der Waals surface area (Å²) in [6.45, 7) is 0. The summed E-state index contributed by atoms with van der Waals surface area (Å²) >= 11 is 0. The molecule has 1 aliphatic carbocycles. The van der Waals surface area contributed by atoms with Crippen molar-refractivity contribution < 1.29 is 27.8 Å². The molecule has 1 unspecified atom stereocenters. The minimum atomic E-state index is -4.52. The number of halogens is 3. The molecule has 0 aliphatic heterocycles. The lowest BCUT2D eigenvalue weighted by Gasteiger charge is -2.22. The molecule has 0 radical (unpaired) electrons. The van der Waals surface area contributed by atoms with E-state index in [0.717, 1.165) is 18.9 Å². The molecule has 0 amide bonds. The van der Waals surface area contributed by atoms with E-state index in [1.807, 2.05) is 0 Å². The Balaban J connectivity index is 2.53. The van der Waals surface area contributed by atoms with E-state index in [1.54, 1.807) is 0 Å². The highest BCUT2D eigenvalue weighted by Crippen LogP contribution is 2.50. The van der Waals surface area contributed by atoms with Crippen molar-refractivity contribution in [2.24, 2.45) is 5.92 Å². The van der Waals surface area contributed by atoms with Gasteiger partial charge in [0.2, 0.25) is 0 Å². The first kappa shape index (κ1) is 14.7. The van der Waals surface area contributed by atoms with Crippen LogP contribution < -0.4 is 4.74 Å². The Morgan fingerprint density at radius 2 is 2.10 bits per heavy atom. The molecule has 1 aromatic rings. The van der Waals surface area contributed by atoms with Gasteiger partial charge in [-0.3, -0.25) is 4.79 Å². The zero-order valence-electron chi connectivity index (χ0n) is 10.9. The SMILES string of the molecule is COc1cccc(C(F)(F)F)c1C(CC(=O)O)C1CC1. The zero-order chi connectivity index (χ0) is 14.9. The number of methoxy groups -OCH3 is 1. The first-order chi connectivity index (χ1) is 9.34. The van der Waals surface area contributed by atoms with Crippen molar-refractivity contribution in [1.82, 2.24) is 0 Å². The van der Waals surface area contributed by atoms with Crippen LogP contribution in [-0.4, -0.2) is 18.2 Å². The van der Waals surface area contributed by atoms with E-state index in [1.165, 1.54) is 19.2 Å². The lowest BCUT2D eigenvalue weighted by atomic mass is 9.86. The normalized spacial score (nSPS) is 16.8. The average Bonchev–Trinajstić information content (AvgIpc) is 3.18. The summed E-state index contributed by atoms with van der Waals surface area (Å²) in [7, 11) is 1.30. The van der Waals surface area contributed by atoms with E-state index in [4.69, 9.17) is 9.84 Å². The number of ether oxygens (including phenoxy) is 1. The summed E-state index contributed by atoms with van der Waals surface area (Å²) in [5.74, 6) is -1.65. The highest BCUT2D eigenvalue weighted by Gasteiger charge is 2.42. The Labute approximate surface area is 114 Å². The number of rotatable bonds is 5. The maximum atomic E-state index is 13.1. The molecule has 1 aromatic carbocycles. The van der Waals surface area contributed by atoms with Crippen molar-refractivity contribution in [2.45, 2.75) is 31.4 Å². The first-order valence-electron chi connectivity index (χ1n) is 6.30. The minimum Gasteiger partial charge on any atom is -0.496 e. The number of aliphatic carboxylic acids is 1. The van der Waals surface area contributed by atoms with E-state index in [-0.39, 0.29) is 23.7 Å². The summed E-state index contributed by atoms with van der Waals surface area (Å²) < 4.78 is 44.5. The predicted octanol–water partition coefficient (Wildman–Crippen LogP) is 3.68. The van der Waals surface area contributed by atoms with Gasteiger partial charge < -0.3 is 9.84 Å². The van der Waals surface area contributed by atoms with Gasteiger partial charge in [0.05, 0.1) is 19.1 Å². The van der Waals surface area contributed by atoms with Gasteiger partial charge in [0.15, 0.2) is 0 Å². The van der Waals surface area contributed by atoms with Crippen molar-refractivity contribution in [3.8, 4) is 5.75 Å². The third-order valence-corrected chi connectivity index (χ3v) is 3.55. The van der Waals surface area contributed by atoms with Crippen LogP contribution in [0.1, 0.15) is 36.3 Å². The van der Waals surface area contributed by atoms with Crippen molar-refractivity contribution in [2.75, 3.05) is 7.11 Å². The van der Waals surface area contributed by atoms with Crippen LogP contribution in [0.5, 0.6) is 5.75 Å². The Morgan fingerprint density at radius 3 is 2.55 bits per heavy atom. The van der Waals surface area contributed by atoms with E-state index in [0.29, 0.717) is 0 Å². The summed E-state index contributed by atoms with van der Waals surface area (Å²) in [4.78, 5) is 11.0. The number of carboxylic acids is 1. The fraction of sp³-hybridized carbons (Fsp3) is 0.500. The molecule has 1 atom stereocenters. The van der Waals surface area contributed by atoms with Gasteiger partial charge in [-0.2, -0.15) is 13.2 Å². The van der Waals surface area contributed by atoms with Gasteiger partial charge in [-0.15, -0.1) is 0 Å². The lowest BCUT2D eigenvalue weighted by Crippen LogP contribution is -2.17. The molecule has 1 fully saturated rings. The van der Waals surface area contributed by atoms with Crippen LogP contribution in [0.25, 0.3) is 0 Å². The molecule has 6 heteroatoms. The molecular formula is C14H15F3O3. The van der Waals surface area contributed by atoms with Crippen molar-refractivity contribution in [3.05, 3.63) is 29.3 Å². The van der Waals surface area contributed by atoms with E-state index in [2.05, 4.69) is 0 Å². The molecule has 3 nitrogen and oxygen atoms in total. The van der Waals surface area contributed by atoms with Gasteiger partial charge in [-0.1, -0.05) is 6.07 Å². The third-order valence-electron chi connectivity index (χ3n) is 3.55. The number of carbonyl (C=O) groups is 1. The van der Waals surface area contributed by atoms with Gasteiger partial charge in [0, 0.05) is 11.5 Å². The third kappa shape index (κ3) is 3.05. The van der Waals surface area contributed by atoms with Crippen molar-refractivity contribution >= 4 is 5.97 Å². The summed E-state index contributed by atoms with van der Waals surface area (Å²) in [5.41, 5.74) is -0.817. The van der Waals surface area contributed by atoms with E-state index in [9.17, 15) is 18.0 Å². The van der Waals surface area contributed by atoms with Gasteiger partial charge in [-0.25, -0.2) is 0 Å². The van der Waals surface area contributed by atoms with Crippen molar-refractivity contribution in [3.63, 3.8) is 0 Å². The van der Waals surface area contributed by atoms with Gasteiger partial charge in [0.1, 0.15) is 5.75 Å². The predicted molar refractivity (Wildman–Crippen MR) is 65.7 cm³/mol. The van der Waals surface area contributed by atoms with Crippen LogP contribution in [0.3, 0.4) is 0 Å². The molecule has 0 bridgehead atoms. The highest BCUT2D eigenvalue weighted by molar-refractivity contribution is 5.69.